The molecule has 0 unspecified atom stereocenters. The number of hydrogen-bond acceptors (Lipinski definition) is 6. The van der Waals surface area contributed by atoms with Crippen LogP contribution in [0.5, 0.6) is 0 Å². The number of benzene rings is 1. The molecule has 5 rings (SSSR count). The minimum Gasteiger partial charge on any atom is -0.333 e. The van der Waals surface area contributed by atoms with E-state index in [9.17, 15) is 10.1 Å². The predicted octanol–water partition coefficient (Wildman–Crippen LogP) is 3.97. The zero-order chi connectivity index (χ0) is 25.8. The number of rotatable bonds is 9. The number of imidazole rings is 1. The molecule has 0 bridgehead atoms. The smallest absolute Gasteiger partial charge is 0.333 e. The summed E-state index contributed by atoms with van der Waals surface area (Å²) in [5, 5.41) is 24.0. The van der Waals surface area contributed by atoms with Gasteiger partial charge in [-0.3, -0.25) is 14.1 Å². The number of pyridine rings is 1. The van der Waals surface area contributed by atoms with Crippen LogP contribution in [0, 0.1) is 11.3 Å². The molecule has 0 atom stereocenters. The fourth-order valence-electron chi connectivity index (χ4n) is 4.52. The van der Waals surface area contributed by atoms with Gasteiger partial charge in [0.05, 0.1) is 17.8 Å². The van der Waals surface area contributed by atoms with Gasteiger partial charge in [0, 0.05) is 42.0 Å². The summed E-state index contributed by atoms with van der Waals surface area (Å²) >= 11 is 0. The standard InChI is InChI=1S/C27H27N9O/c1-3-5-8-21-18-36(26-20(15-28)13-14-34(26)4-2)27(37)35(21)17-19-11-12-24(29-16-19)22-9-6-7-10-23(22)25-30-32-33-31-25/h6-7,9-14,16,18H,3-5,8,17H2,1-2H3,(H,30,31,32,33). The quantitative estimate of drug-likeness (QED) is 0.331. The van der Waals surface area contributed by atoms with Crippen molar-refractivity contribution in [1.82, 2.24) is 39.3 Å². The van der Waals surface area contributed by atoms with Crippen molar-refractivity contribution in [3.05, 3.63) is 88.4 Å². The van der Waals surface area contributed by atoms with Crippen LogP contribution in [0.4, 0.5) is 0 Å². The summed E-state index contributed by atoms with van der Waals surface area (Å²) in [6, 6.07) is 15.7. The van der Waals surface area contributed by atoms with Crippen molar-refractivity contribution in [2.45, 2.75) is 46.2 Å². The van der Waals surface area contributed by atoms with Gasteiger partial charge < -0.3 is 4.57 Å². The van der Waals surface area contributed by atoms with Gasteiger partial charge in [-0.05, 0) is 42.7 Å². The molecule has 4 heterocycles. The molecule has 0 saturated carbocycles. The third kappa shape index (κ3) is 4.59. The van der Waals surface area contributed by atoms with E-state index in [1.807, 2.05) is 60.3 Å². The summed E-state index contributed by atoms with van der Waals surface area (Å²) in [6.07, 6.45) is 8.28. The topological polar surface area (TPSA) is 123 Å². The van der Waals surface area contributed by atoms with E-state index in [1.54, 1.807) is 21.4 Å². The Kier molecular flexibility index (Phi) is 6.76. The maximum Gasteiger partial charge on any atom is 0.334 e. The minimum absolute atomic E-state index is 0.164. The van der Waals surface area contributed by atoms with Gasteiger partial charge in [-0.25, -0.2) is 4.79 Å². The normalized spacial score (nSPS) is 11.1. The first kappa shape index (κ1) is 23.9. The Bertz CT molecular complexity index is 1600. The molecule has 1 aromatic carbocycles. The molecule has 5 aromatic rings. The molecule has 37 heavy (non-hydrogen) atoms. The Labute approximate surface area is 213 Å². The SMILES string of the molecule is CCCCc1cn(-c2c(C#N)ccn2CC)c(=O)n1Cc1ccc(-c2ccccc2-c2nn[nH]n2)nc1. The van der Waals surface area contributed by atoms with Crippen LogP contribution < -0.4 is 5.69 Å². The van der Waals surface area contributed by atoms with E-state index in [-0.39, 0.29) is 5.69 Å². The molecule has 0 amide bonds. The fraction of sp³-hybridized carbons (Fsp3) is 0.259. The summed E-state index contributed by atoms with van der Waals surface area (Å²) in [7, 11) is 0. The summed E-state index contributed by atoms with van der Waals surface area (Å²) in [6.45, 7) is 5.17. The number of aromatic amines is 1. The maximum absolute atomic E-state index is 13.6. The summed E-state index contributed by atoms with van der Waals surface area (Å²) < 4.78 is 5.31. The van der Waals surface area contributed by atoms with E-state index in [2.05, 4.69) is 33.6 Å². The molecule has 0 aliphatic carbocycles. The van der Waals surface area contributed by atoms with Crippen molar-refractivity contribution in [2.75, 3.05) is 0 Å². The summed E-state index contributed by atoms with van der Waals surface area (Å²) in [4.78, 5) is 18.3. The zero-order valence-corrected chi connectivity index (χ0v) is 20.8. The first-order valence-corrected chi connectivity index (χ1v) is 12.3. The number of nitrogens with zero attached hydrogens (tertiary/aromatic N) is 8. The number of unbranched alkanes of at least 4 members (excludes halogenated alkanes) is 1. The van der Waals surface area contributed by atoms with Crippen LogP contribution in [0.15, 0.2) is 65.8 Å². The number of aryl methyl sites for hydroxylation is 2. The predicted molar refractivity (Wildman–Crippen MR) is 139 cm³/mol. The fourth-order valence-corrected chi connectivity index (χ4v) is 4.52. The lowest BCUT2D eigenvalue weighted by Crippen LogP contribution is -2.26. The Morgan fingerprint density at radius 3 is 2.59 bits per heavy atom. The van der Waals surface area contributed by atoms with Crippen LogP contribution in [0.3, 0.4) is 0 Å². The molecular weight excluding hydrogens is 466 g/mol. The van der Waals surface area contributed by atoms with E-state index in [0.29, 0.717) is 30.3 Å². The Morgan fingerprint density at radius 1 is 1.08 bits per heavy atom. The zero-order valence-electron chi connectivity index (χ0n) is 20.8. The van der Waals surface area contributed by atoms with Gasteiger partial charge in [-0.2, -0.15) is 10.5 Å². The van der Waals surface area contributed by atoms with E-state index < -0.39 is 0 Å². The van der Waals surface area contributed by atoms with Crippen LogP contribution in [0.25, 0.3) is 28.5 Å². The van der Waals surface area contributed by atoms with Gasteiger partial charge in [0.1, 0.15) is 11.9 Å². The van der Waals surface area contributed by atoms with Crippen LogP contribution in [0.2, 0.25) is 0 Å². The second-order valence-electron chi connectivity index (χ2n) is 8.75. The van der Waals surface area contributed by atoms with Gasteiger partial charge >= 0.3 is 5.69 Å². The second kappa shape index (κ2) is 10.5. The van der Waals surface area contributed by atoms with Crippen molar-refractivity contribution >= 4 is 0 Å². The minimum atomic E-state index is -0.164. The first-order chi connectivity index (χ1) is 18.1. The van der Waals surface area contributed by atoms with Crippen LogP contribution in [0.1, 0.15) is 43.5 Å². The largest absolute Gasteiger partial charge is 0.334 e. The van der Waals surface area contributed by atoms with E-state index in [0.717, 1.165) is 47.3 Å². The third-order valence-electron chi connectivity index (χ3n) is 6.43. The summed E-state index contributed by atoms with van der Waals surface area (Å²) in [5.74, 6) is 1.11. The molecule has 0 radical (unpaired) electrons. The van der Waals surface area contributed by atoms with E-state index in [4.69, 9.17) is 4.98 Å². The summed E-state index contributed by atoms with van der Waals surface area (Å²) in [5.41, 5.74) is 4.66. The van der Waals surface area contributed by atoms with Gasteiger partial charge in [0.2, 0.25) is 5.82 Å². The van der Waals surface area contributed by atoms with Crippen LogP contribution in [-0.2, 0) is 19.5 Å². The van der Waals surface area contributed by atoms with E-state index >= 15 is 0 Å². The van der Waals surface area contributed by atoms with Crippen molar-refractivity contribution < 1.29 is 0 Å². The molecular formula is C27H27N9O. The van der Waals surface area contributed by atoms with Gasteiger partial charge in [-0.1, -0.05) is 43.7 Å². The number of nitrogens with one attached hydrogen (secondary N) is 1. The van der Waals surface area contributed by atoms with E-state index in [1.165, 1.54) is 0 Å². The second-order valence-corrected chi connectivity index (χ2v) is 8.75. The average Bonchev–Trinajstić information content (AvgIpc) is 3.68. The lowest BCUT2D eigenvalue weighted by atomic mass is 10.0. The molecule has 10 nitrogen and oxygen atoms in total. The van der Waals surface area contributed by atoms with Crippen molar-refractivity contribution in [3.8, 4) is 34.5 Å². The number of nitriles is 1. The molecule has 0 fully saturated rings. The van der Waals surface area contributed by atoms with Crippen molar-refractivity contribution in [3.63, 3.8) is 0 Å². The highest BCUT2D eigenvalue weighted by atomic mass is 16.1. The third-order valence-corrected chi connectivity index (χ3v) is 6.43. The molecule has 0 aliphatic rings. The molecule has 0 saturated heterocycles. The highest BCUT2D eigenvalue weighted by Gasteiger charge is 2.18. The molecule has 0 aliphatic heterocycles. The number of hydrogen-bond donors (Lipinski definition) is 1. The molecule has 1 N–H and O–H groups in total. The maximum atomic E-state index is 13.6. The molecule has 186 valence electrons. The lowest BCUT2D eigenvalue weighted by molar-refractivity contribution is 0.664. The molecule has 10 heteroatoms. The Morgan fingerprint density at radius 2 is 1.92 bits per heavy atom. The Balaban J connectivity index is 1.50. The lowest BCUT2D eigenvalue weighted by Gasteiger charge is -2.09. The average molecular weight is 494 g/mol. The van der Waals surface area contributed by atoms with Gasteiger partial charge in [-0.15, -0.1) is 10.2 Å². The first-order valence-electron chi connectivity index (χ1n) is 12.3. The van der Waals surface area contributed by atoms with Crippen LogP contribution in [-0.4, -0.2) is 39.3 Å². The van der Waals surface area contributed by atoms with Crippen LogP contribution >= 0.6 is 0 Å². The highest BCUT2D eigenvalue weighted by molar-refractivity contribution is 5.78. The van der Waals surface area contributed by atoms with Crippen molar-refractivity contribution in [2.24, 2.45) is 0 Å². The van der Waals surface area contributed by atoms with Crippen molar-refractivity contribution in [1.29, 1.82) is 5.26 Å². The molecule has 0 spiro atoms. The highest BCUT2D eigenvalue weighted by Crippen LogP contribution is 2.28. The number of aromatic nitrogens is 8. The monoisotopic (exact) mass is 493 g/mol. The van der Waals surface area contributed by atoms with Gasteiger partial charge in [0.25, 0.3) is 0 Å². The number of H-pyrrole nitrogens is 1. The van der Waals surface area contributed by atoms with Gasteiger partial charge in [0.15, 0.2) is 0 Å². The Hall–Kier alpha value is -4.78. The molecule has 4 aromatic heterocycles. The number of tetrazole rings is 1.